The minimum Gasteiger partial charge on any atom is -0.347 e. The predicted octanol–water partition coefficient (Wildman–Crippen LogP) is 5.55. The summed E-state index contributed by atoms with van der Waals surface area (Å²) in [5.41, 5.74) is 0.0558. The van der Waals surface area contributed by atoms with Crippen LogP contribution in [0, 0.1) is 6.92 Å². The van der Waals surface area contributed by atoms with Crippen molar-refractivity contribution in [1.29, 1.82) is 0 Å². The fraction of sp³-hybridized carbons (Fsp3) is 0.444. The fourth-order valence-corrected chi connectivity index (χ4v) is 2.99. The Labute approximate surface area is 159 Å². The standard InChI is InChI=1S/C18H20ClF4N3O/c1-4-12(11-7-5-9(2)6-8-11)24-18(27)10(3)26-15(17(22)23)13(19)14(25-26)16(20)21/h5-8,10,12,16-17H,4H2,1-3H3,(H,24,27). The lowest BCUT2D eigenvalue weighted by Gasteiger charge is -2.21. The molecule has 2 rings (SSSR count). The van der Waals surface area contributed by atoms with E-state index in [-0.39, 0.29) is 6.04 Å². The molecule has 1 heterocycles. The van der Waals surface area contributed by atoms with Crippen LogP contribution >= 0.6 is 11.6 Å². The van der Waals surface area contributed by atoms with Crippen molar-refractivity contribution in [1.82, 2.24) is 15.1 Å². The molecule has 2 atom stereocenters. The maximum atomic E-state index is 13.3. The number of carbonyl (C=O) groups excluding carboxylic acids is 1. The quantitative estimate of drug-likeness (QED) is 0.614. The average Bonchev–Trinajstić information content (AvgIpc) is 2.97. The van der Waals surface area contributed by atoms with E-state index in [4.69, 9.17) is 11.6 Å². The Morgan fingerprint density at radius 1 is 1.19 bits per heavy atom. The van der Waals surface area contributed by atoms with Crippen LogP contribution in [0.15, 0.2) is 24.3 Å². The summed E-state index contributed by atoms with van der Waals surface area (Å²) in [6, 6.07) is 5.92. The van der Waals surface area contributed by atoms with Crippen molar-refractivity contribution in [2.75, 3.05) is 0 Å². The van der Waals surface area contributed by atoms with E-state index in [9.17, 15) is 22.4 Å². The minimum absolute atomic E-state index is 0.351. The molecule has 1 aromatic heterocycles. The second-order valence-corrected chi connectivity index (χ2v) is 6.56. The van der Waals surface area contributed by atoms with Crippen molar-refractivity contribution in [2.24, 2.45) is 0 Å². The van der Waals surface area contributed by atoms with E-state index in [1.807, 2.05) is 38.1 Å². The van der Waals surface area contributed by atoms with E-state index in [0.717, 1.165) is 11.1 Å². The van der Waals surface area contributed by atoms with Gasteiger partial charge < -0.3 is 5.32 Å². The number of alkyl halides is 4. The molecule has 0 aliphatic carbocycles. The average molecular weight is 406 g/mol. The van der Waals surface area contributed by atoms with Crippen LogP contribution in [0.2, 0.25) is 5.02 Å². The number of nitrogens with one attached hydrogen (secondary N) is 1. The molecule has 2 aromatic rings. The molecule has 0 radical (unpaired) electrons. The third kappa shape index (κ3) is 4.61. The summed E-state index contributed by atoms with van der Waals surface area (Å²) < 4.78 is 53.1. The van der Waals surface area contributed by atoms with Crippen molar-refractivity contribution >= 4 is 17.5 Å². The maximum Gasteiger partial charge on any atom is 0.283 e. The van der Waals surface area contributed by atoms with E-state index in [0.29, 0.717) is 11.1 Å². The van der Waals surface area contributed by atoms with Crippen molar-refractivity contribution < 1.29 is 22.4 Å². The number of hydrogen-bond acceptors (Lipinski definition) is 2. The lowest BCUT2D eigenvalue weighted by Crippen LogP contribution is -2.35. The molecular formula is C18H20ClF4N3O. The van der Waals surface area contributed by atoms with Crippen LogP contribution in [0.25, 0.3) is 0 Å². The van der Waals surface area contributed by atoms with Gasteiger partial charge in [0.2, 0.25) is 5.91 Å². The van der Waals surface area contributed by atoms with Gasteiger partial charge in [-0.3, -0.25) is 4.79 Å². The minimum atomic E-state index is -3.15. The van der Waals surface area contributed by atoms with Gasteiger partial charge in [0, 0.05) is 0 Å². The number of halogens is 5. The van der Waals surface area contributed by atoms with Gasteiger partial charge in [-0.25, -0.2) is 22.2 Å². The van der Waals surface area contributed by atoms with Gasteiger partial charge in [0.15, 0.2) is 0 Å². The molecule has 0 spiro atoms. The van der Waals surface area contributed by atoms with Crippen molar-refractivity contribution in [3.8, 4) is 0 Å². The van der Waals surface area contributed by atoms with E-state index >= 15 is 0 Å². The molecule has 0 aliphatic rings. The van der Waals surface area contributed by atoms with E-state index in [1.165, 1.54) is 6.92 Å². The zero-order valence-corrected chi connectivity index (χ0v) is 15.8. The van der Waals surface area contributed by atoms with E-state index < -0.39 is 41.2 Å². The number of benzene rings is 1. The summed E-state index contributed by atoms with van der Waals surface area (Å²) in [4.78, 5) is 12.6. The van der Waals surface area contributed by atoms with Gasteiger partial charge in [-0.1, -0.05) is 48.4 Å². The topological polar surface area (TPSA) is 46.9 Å². The SMILES string of the molecule is CCC(NC(=O)C(C)n1nc(C(F)F)c(Cl)c1C(F)F)c1ccc(C)cc1. The Hall–Kier alpha value is -2.09. The second kappa shape index (κ2) is 8.73. The Bertz CT molecular complexity index is 793. The Balaban J connectivity index is 2.28. The highest BCUT2D eigenvalue weighted by Crippen LogP contribution is 2.36. The number of rotatable bonds is 7. The highest BCUT2D eigenvalue weighted by atomic mass is 35.5. The Kier molecular flexibility index (Phi) is 6.86. The Morgan fingerprint density at radius 3 is 2.26 bits per heavy atom. The molecule has 148 valence electrons. The largest absolute Gasteiger partial charge is 0.347 e. The normalized spacial score (nSPS) is 13.9. The van der Waals surface area contributed by atoms with Crippen molar-refractivity contribution in [3.63, 3.8) is 0 Å². The molecule has 4 nitrogen and oxygen atoms in total. The van der Waals surface area contributed by atoms with Crippen LogP contribution < -0.4 is 5.32 Å². The van der Waals surface area contributed by atoms with Crippen LogP contribution in [0.4, 0.5) is 17.6 Å². The Morgan fingerprint density at radius 2 is 1.78 bits per heavy atom. The first-order valence-corrected chi connectivity index (χ1v) is 8.76. The van der Waals surface area contributed by atoms with Gasteiger partial charge in [0.25, 0.3) is 12.9 Å². The lowest BCUT2D eigenvalue weighted by atomic mass is 10.0. The molecule has 0 bridgehead atoms. The molecule has 0 saturated carbocycles. The first-order chi connectivity index (χ1) is 12.7. The zero-order valence-electron chi connectivity index (χ0n) is 15.0. The predicted molar refractivity (Wildman–Crippen MR) is 94.2 cm³/mol. The molecule has 9 heteroatoms. The molecule has 0 fully saturated rings. The monoisotopic (exact) mass is 405 g/mol. The van der Waals surface area contributed by atoms with Crippen LogP contribution in [-0.4, -0.2) is 15.7 Å². The zero-order chi connectivity index (χ0) is 20.3. The smallest absolute Gasteiger partial charge is 0.283 e. The number of nitrogens with zero attached hydrogens (tertiary/aromatic N) is 2. The fourth-order valence-electron chi connectivity index (χ4n) is 2.70. The van der Waals surface area contributed by atoms with Gasteiger partial charge in [0.1, 0.15) is 17.4 Å². The second-order valence-electron chi connectivity index (χ2n) is 6.19. The van der Waals surface area contributed by atoms with Crippen molar-refractivity contribution in [2.45, 2.75) is 52.1 Å². The first kappa shape index (κ1) is 21.2. The molecule has 2 unspecified atom stereocenters. The number of aromatic nitrogens is 2. The summed E-state index contributed by atoms with van der Waals surface area (Å²) >= 11 is 5.64. The van der Waals surface area contributed by atoms with Crippen LogP contribution in [0.3, 0.4) is 0 Å². The maximum absolute atomic E-state index is 13.3. The molecule has 1 amide bonds. The van der Waals surface area contributed by atoms with Crippen LogP contribution in [0.5, 0.6) is 0 Å². The number of amides is 1. The first-order valence-electron chi connectivity index (χ1n) is 8.38. The third-order valence-electron chi connectivity index (χ3n) is 4.28. The molecule has 1 N–H and O–H groups in total. The van der Waals surface area contributed by atoms with Crippen LogP contribution in [-0.2, 0) is 4.79 Å². The van der Waals surface area contributed by atoms with Gasteiger partial charge >= 0.3 is 0 Å². The van der Waals surface area contributed by atoms with Gasteiger partial charge in [0.05, 0.1) is 11.1 Å². The molecule has 0 saturated heterocycles. The molecule has 0 aliphatic heterocycles. The highest BCUT2D eigenvalue weighted by Gasteiger charge is 2.32. The molecule has 27 heavy (non-hydrogen) atoms. The van der Waals surface area contributed by atoms with E-state index in [2.05, 4.69) is 10.4 Å². The van der Waals surface area contributed by atoms with Gasteiger partial charge in [-0.2, -0.15) is 5.10 Å². The highest BCUT2D eigenvalue weighted by molar-refractivity contribution is 6.32. The molecule has 1 aromatic carbocycles. The van der Waals surface area contributed by atoms with Gasteiger partial charge in [-0.05, 0) is 25.8 Å². The number of aryl methyl sites for hydroxylation is 1. The summed E-state index contributed by atoms with van der Waals surface area (Å²) in [6.45, 7) is 5.10. The number of hydrogen-bond donors (Lipinski definition) is 1. The summed E-state index contributed by atoms with van der Waals surface area (Å²) in [6.07, 6.45) is -5.71. The summed E-state index contributed by atoms with van der Waals surface area (Å²) in [5, 5.41) is 5.40. The van der Waals surface area contributed by atoms with E-state index in [1.54, 1.807) is 0 Å². The van der Waals surface area contributed by atoms with Crippen molar-refractivity contribution in [3.05, 3.63) is 51.8 Å². The molecular weight excluding hydrogens is 386 g/mol. The number of carbonyl (C=O) groups is 1. The summed E-state index contributed by atoms with van der Waals surface area (Å²) in [7, 11) is 0. The third-order valence-corrected chi connectivity index (χ3v) is 4.66. The van der Waals surface area contributed by atoms with Gasteiger partial charge in [-0.15, -0.1) is 0 Å². The lowest BCUT2D eigenvalue weighted by molar-refractivity contribution is -0.125. The summed E-state index contributed by atoms with van der Waals surface area (Å²) in [5.74, 6) is -0.621. The van der Waals surface area contributed by atoms with Crippen LogP contribution in [0.1, 0.15) is 67.7 Å².